The van der Waals surface area contributed by atoms with Crippen molar-refractivity contribution in [1.29, 1.82) is 0 Å². The van der Waals surface area contributed by atoms with Crippen LogP contribution < -0.4 is 0 Å². The van der Waals surface area contributed by atoms with Gasteiger partial charge >= 0.3 is 0 Å². The average molecular weight is 1380 g/mol. The molecule has 510 valence electrons. The molecule has 4 aromatic heterocycles. The molecule has 4 heterocycles. The molecule has 3 aliphatic rings. The highest BCUT2D eigenvalue weighted by Gasteiger charge is 2.38. The molecule has 0 saturated carbocycles. The molecule has 6 heteroatoms. The molecule has 6 nitrogen and oxygen atoms in total. The van der Waals surface area contributed by atoms with Gasteiger partial charge in [-0.2, -0.15) is 0 Å². The van der Waals surface area contributed by atoms with Crippen LogP contribution in [0.3, 0.4) is 0 Å². The summed E-state index contributed by atoms with van der Waals surface area (Å²) in [5.74, 6) is 1.72. The van der Waals surface area contributed by atoms with Crippen molar-refractivity contribution in [1.82, 2.24) is 28.7 Å². The van der Waals surface area contributed by atoms with E-state index in [2.05, 4.69) is 383 Å². The third-order valence-corrected chi connectivity index (χ3v) is 24.5. The number of aromatic nitrogens is 6. The van der Waals surface area contributed by atoms with Gasteiger partial charge in [0.2, 0.25) is 0 Å². The van der Waals surface area contributed by atoms with E-state index in [1.54, 1.807) is 0 Å². The van der Waals surface area contributed by atoms with Crippen molar-refractivity contribution in [3.63, 3.8) is 0 Å². The van der Waals surface area contributed by atoms with E-state index in [-0.39, 0.29) is 16.2 Å². The molecule has 0 fully saturated rings. The van der Waals surface area contributed by atoms with Crippen LogP contribution in [-0.4, -0.2) is 28.7 Å². The van der Waals surface area contributed by atoms with Crippen LogP contribution in [0.5, 0.6) is 0 Å². The Balaban J connectivity index is 0.676. The topological polar surface area (TPSA) is 53.5 Å². The van der Waals surface area contributed by atoms with Gasteiger partial charge in [-0.25, -0.2) is 15.0 Å². The highest BCUT2D eigenvalue weighted by molar-refractivity contribution is 6.13. The SMILES string of the molecule is CC1(C)c2ccccc2-c2ccc(-c3ccc4c(c3)c3ccccc3n4-c3cccc(-c4nc(-c5cccc(-n6c7ccccc7c7cc(-c8ccc9c(c8)C(C)(C)c8ccccc8-9)ccc76)c5)nc(-c5cccc(-n6c7ccccc7c7cc(-c8ccc9c(c8)C(C)(C)c8ccccc8-9)ccc76)c5)n4)c3)cc21. The lowest BCUT2D eigenvalue weighted by molar-refractivity contribution is 0.660. The molecular weight excluding hydrogens is 1310 g/mol. The van der Waals surface area contributed by atoms with E-state index in [0.29, 0.717) is 17.5 Å². The Morgan fingerprint density at radius 1 is 0.185 bits per heavy atom. The molecule has 0 bridgehead atoms. The van der Waals surface area contributed by atoms with Crippen molar-refractivity contribution in [2.75, 3.05) is 0 Å². The second kappa shape index (κ2) is 22.9. The van der Waals surface area contributed by atoms with Crippen molar-refractivity contribution in [3.8, 4) is 118 Å². The third kappa shape index (κ3) is 9.10. The van der Waals surface area contributed by atoms with Gasteiger partial charge in [0.05, 0.1) is 33.1 Å². The molecule has 0 radical (unpaired) electrons. The Morgan fingerprint density at radius 3 is 0.750 bits per heavy atom. The normalized spacial score (nSPS) is 14.1. The van der Waals surface area contributed by atoms with Gasteiger partial charge in [-0.3, -0.25) is 0 Å². The first-order valence-electron chi connectivity index (χ1n) is 37.7. The van der Waals surface area contributed by atoms with E-state index >= 15 is 0 Å². The molecule has 3 aliphatic carbocycles. The van der Waals surface area contributed by atoms with Crippen molar-refractivity contribution >= 4 is 65.4 Å². The zero-order valence-corrected chi connectivity index (χ0v) is 60.9. The summed E-state index contributed by atoms with van der Waals surface area (Å²) in [4.78, 5) is 16.7. The maximum absolute atomic E-state index is 5.56. The number of rotatable bonds is 9. The monoisotopic (exact) mass is 1380 g/mol. The maximum Gasteiger partial charge on any atom is 0.164 e. The zero-order chi connectivity index (χ0) is 72.1. The first-order valence-corrected chi connectivity index (χ1v) is 37.7. The predicted octanol–water partition coefficient (Wildman–Crippen LogP) is 26.1. The van der Waals surface area contributed by atoms with Crippen LogP contribution in [0.2, 0.25) is 0 Å². The first-order chi connectivity index (χ1) is 52.8. The number of benzene rings is 15. The number of hydrogen-bond acceptors (Lipinski definition) is 3. The Labute approximate surface area is 626 Å². The van der Waals surface area contributed by atoms with Crippen LogP contribution in [0.15, 0.2) is 328 Å². The predicted molar refractivity (Wildman–Crippen MR) is 448 cm³/mol. The minimum absolute atomic E-state index is 0.104. The van der Waals surface area contributed by atoms with Crippen LogP contribution in [0.4, 0.5) is 0 Å². The van der Waals surface area contributed by atoms with Crippen molar-refractivity contribution < 1.29 is 0 Å². The average Bonchev–Trinajstić information content (AvgIpc) is 1.59. The number of hydrogen-bond donors (Lipinski definition) is 0. The van der Waals surface area contributed by atoms with Crippen molar-refractivity contribution in [2.45, 2.75) is 57.8 Å². The molecule has 0 N–H and O–H groups in total. The Kier molecular flexibility index (Phi) is 13.1. The summed E-state index contributed by atoms with van der Waals surface area (Å²) < 4.78 is 7.20. The quantitative estimate of drug-likeness (QED) is 0.145. The Bertz CT molecular complexity index is 6420. The number of nitrogens with zero attached hydrogens (tertiary/aromatic N) is 6. The van der Waals surface area contributed by atoms with E-state index < -0.39 is 0 Å². The number of fused-ring (bicyclic) bond motifs is 18. The molecule has 0 unspecified atom stereocenters. The van der Waals surface area contributed by atoms with E-state index in [9.17, 15) is 0 Å². The molecule has 0 spiro atoms. The summed E-state index contributed by atoms with van der Waals surface area (Å²) in [5, 5.41) is 7.15. The lowest BCUT2D eigenvalue weighted by Crippen LogP contribution is -2.14. The molecular formula is C102H72N6. The maximum atomic E-state index is 5.56. The highest BCUT2D eigenvalue weighted by Crippen LogP contribution is 2.54. The smallest absolute Gasteiger partial charge is 0.164 e. The number of para-hydroxylation sites is 3. The Hall–Kier alpha value is -13.3. The lowest BCUT2D eigenvalue weighted by atomic mass is 9.81. The molecule has 0 amide bonds. The fourth-order valence-corrected chi connectivity index (χ4v) is 19.1. The second-order valence-corrected chi connectivity index (χ2v) is 31.5. The van der Waals surface area contributed by atoms with E-state index in [1.807, 2.05) is 0 Å². The largest absolute Gasteiger partial charge is 0.309 e. The van der Waals surface area contributed by atoms with Gasteiger partial charge in [0, 0.05) is 82.3 Å². The van der Waals surface area contributed by atoms with E-state index in [4.69, 9.17) is 15.0 Å². The molecule has 0 atom stereocenters. The fourth-order valence-electron chi connectivity index (χ4n) is 19.1. The minimum Gasteiger partial charge on any atom is -0.309 e. The van der Waals surface area contributed by atoms with Gasteiger partial charge in [-0.1, -0.05) is 260 Å². The summed E-state index contributed by atoms with van der Waals surface area (Å²) in [6, 6.07) is 121. The minimum atomic E-state index is -0.104. The van der Waals surface area contributed by atoms with Gasteiger partial charge in [-0.05, 0) is 209 Å². The van der Waals surface area contributed by atoms with E-state index in [1.165, 1.54) is 132 Å². The summed E-state index contributed by atoms with van der Waals surface area (Å²) in [7, 11) is 0. The third-order valence-electron chi connectivity index (χ3n) is 24.5. The van der Waals surface area contributed by atoms with Crippen LogP contribution in [0.25, 0.3) is 183 Å². The van der Waals surface area contributed by atoms with Crippen LogP contribution in [0.1, 0.15) is 74.9 Å². The molecule has 0 saturated heterocycles. The molecule has 108 heavy (non-hydrogen) atoms. The summed E-state index contributed by atoms with van der Waals surface area (Å²) in [6.07, 6.45) is 0. The van der Waals surface area contributed by atoms with Gasteiger partial charge < -0.3 is 13.7 Å². The van der Waals surface area contributed by atoms with E-state index in [0.717, 1.165) is 66.9 Å². The summed E-state index contributed by atoms with van der Waals surface area (Å²) in [6.45, 7) is 14.1. The molecule has 0 aliphatic heterocycles. The van der Waals surface area contributed by atoms with Crippen molar-refractivity contribution in [2.24, 2.45) is 0 Å². The van der Waals surface area contributed by atoms with Crippen LogP contribution >= 0.6 is 0 Å². The van der Waals surface area contributed by atoms with Gasteiger partial charge in [0.1, 0.15) is 0 Å². The molecule has 22 rings (SSSR count). The van der Waals surface area contributed by atoms with Crippen LogP contribution in [-0.2, 0) is 16.2 Å². The van der Waals surface area contributed by atoms with Gasteiger partial charge in [0.15, 0.2) is 17.5 Å². The first kappa shape index (κ1) is 62.1. The molecule has 15 aromatic carbocycles. The van der Waals surface area contributed by atoms with Gasteiger partial charge in [-0.15, -0.1) is 0 Å². The fraction of sp³-hybridized carbons (Fsp3) is 0.0882. The lowest BCUT2D eigenvalue weighted by Gasteiger charge is -2.22. The van der Waals surface area contributed by atoms with Crippen LogP contribution in [0, 0.1) is 0 Å². The van der Waals surface area contributed by atoms with Gasteiger partial charge in [0.25, 0.3) is 0 Å². The van der Waals surface area contributed by atoms with Crippen molar-refractivity contribution in [3.05, 3.63) is 361 Å². The second-order valence-electron chi connectivity index (χ2n) is 31.5. The molecule has 19 aromatic rings. The highest BCUT2D eigenvalue weighted by atomic mass is 15.0. The summed E-state index contributed by atoms with van der Waals surface area (Å²) in [5.41, 5.74) is 35.5. The standard InChI is InChI=1S/C102H72N6/c1-100(2)85-34-13-7-28-73(85)76-46-40-64(58-88(76)100)61-43-49-94-82(55-61)79-31-10-16-37-91(79)106(94)70-25-19-22-67(52-70)97-103-98(68-23-20-26-71(53-68)107-92-38-17-11-32-80(92)83-56-62(44-50-95(83)107)65-41-47-77-74-29-8-14-35-86(74)101(3,4)89(77)59-65)105-99(104-97)69-24-21-27-72(54-69)108-93-39-18-12-33-81(93)84-57-63(45-51-96(84)108)66-42-48-78-75-30-9-15-36-87(75)102(5,6)90(78)60-66/h7-60H,1-6H3. The Morgan fingerprint density at radius 2 is 0.435 bits per heavy atom. The zero-order valence-electron chi connectivity index (χ0n) is 60.9. The summed E-state index contributed by atoms with van der Waals surface area (Å²) >= 11 is 0.